The van der Waals surface area contributed by atoms with Gasteiger partial charge in [-0.05, 0) is 48.1 Å². The van der Waals surface area contributed by atoms with E-state index in [0.717, 1.165) is 48.4 Å². The number of rotatable bonds is 8. The average molecular weight is 390 g/mol. The Morgan fingerprint density at radius 2 is 1.72 bits per heavy atom. The van der Waals surface area contributed by atoms with E-state index in [2.05, 4.69) is 34.1 Å². The Bertz CT molecular complexity index is 936. The summed E-state index contributed by atoms with van der Waals surface area (Å²) in [6.07, 6.45) is 7.61. The van der Waals surface area contributed by atoms with E-state index in [4.69, 9.17) is 0 Å². The summed E-state index contributed by atoms with van der Waals surface area (Å²) in [4.78, 5) is 27.5. The van der Waals surface area contributed by atoms with E-state index in [1.807, 2.05) is 42.3 Å². The molecule has 150 valence electrons. The molecule has 2 heterocycles. The number of amides is 1. The maximum absolute atomic E-state index is 12.9. The van der Waals surface area contributed by atoms with Gasteiger partial charge in [-0.2, -0.15) is 0 Å². The van der Waals surface area contributed by atoms with Crippen molar-refractivity contribution in [3.63, 3.8) is 0 Å². The van der Waals surface area contributed by atoms with Crippen molar-refractivity contribution in [3.8, 4) is 0 Å². The SMILES string of the molecule is CCc1cccc(CC)c1NC(=O)c1cc(N(C)CCc2ccncc2)ncn1. The van der Waals surface area contributed by atoms with Crippen molar-refractivity contribution in [1.82, 2.24) is 15.0 Å². The molecule has 0 bridgehead atoms. The lowest BCUT2D eigenvalue weighted by Gasteiger charge is -2.19. The lowest BCUT2D eigenvalue weighted by Crippen LogP contribution is -2.23. The van der Waals surface area contributed by atoms with Gasteiger partial charge in [0.1, 0.15) is 17.8 Å². The second-order valence-corrected chi connectivity index (χ2v) is 6.90. The van der Waals surface area contributed by atoms with E-state index in [-0.39, 0.29) is 5.91 Å². The molecule has 3 aromatic rings. The topological polar surface area (TPSA) is 71.0 Å². The van der Waals surface area contributed by atoms with Gasteiger partial charge in [0.25, 0.3) is 5.91 Å². The van der Waals surface area contributed by atoms with Crippen LogP contribution in [0.5, 0.6) is 0 Å². The predicted molar refractivity (Wildman–Crippen MR) is 116 cm³/mol. The number of pyridine rings is 1. The van der Waals surface area contributed by atoms with Gasteiger partial charge in [0.2, 0.25) is 0 Å². The zero-order valence-corrected chi connectivity index (χ0v) is 17.2. The summed E-state index contributed by atoms with van der Waals surface area (Å²) in [7, 11) is 1.97. The molecule has 2 aromatic heterocycles. The van der Waals surface area contributed by atoms with Gasteiger partial charge in [-0.25, -0.2) is 9.97 Å². The first-order chi connectivity index (χ1) is 14.1. The van der Waals surface area contributed by atoms with E-state index >= 15 is 0 Å². The van der Waals surface area contributed by atoms with Gasteiger partial charge in [0.05, 0.1) is 0 Å². The number of aryl methyl sites for hydroxylation is 2. The second-order valence-electron chi connectivity index (χ2n) is 6.90. The molecule has 0 fully saturated rings. The van der Waals surface area contributed by atoms with E-state index in [0.29, 0.717) is 5.69 Å². The minimum Gasteiger partial charge on any atom is -0.359 e. The Hall–Kier alpha value is -3.28. The highest BCUT2D eigenvalue weighted by Gasteiger charge is 2.14. The standard InChI is InChI=1S/C23H27N5O/c1-4-18-7-6-8-19(5-2)22(18)27-23(29)20-15-21(26-16-25-20)28(3)14-11-17-9-12-24-13-10-17/h6-10,12-13,15-16H,4-5,11,14H2,1-3H3,(H,27,29). The number of nitrogens with one attached hydrogen (secondary N) is 1. The Labute approximate surface area is 172 Å². The summed E-state index contributed by atoms with van der Waals surface area (Å²) in [5.41, 5.74) is 4.72. The first-order valence-electron chi connectivity index (χ1n) is 9.96. The van der Waals surface area contributed by atoms with Gasteiger partial charge in [0.15, 0.2) is 0 Å². The zero-order valence-electron chi connectivity index (χ0n) is 17.2. The molecule has 0 saturated heterocycles. The summed E-state index contributed by atoms with van der Waals surface area (Å²) in [5.74, 6) is 0.505. The molecule has 6 nitrogen and oxygen atoms in total. The van der Waals surface area contributed by atoms with Crippen LogP contribution in [0.15, 0.2) is 55.1 Å². The van der Waals surface area contributed by atoms with E-state index in [9.17, 15) is 4.79 Å². The van der Waals surface area contributed by atoms with Crippen LogP contribution < -0.4 is 10.2 Å². The number of likely N-dealkylation sites (N-methyl/N-ethyl adjacent to an activating group) is 1. The lowest BCUT2D eigenvalue weighted by molar-refractivity contribution is 0.102. The van der Waals surface area contributed by atoms with Gasteiger partial charge in [-0.3, -0.25) is 9.78 Å². The number of hydrogen-bond acceptors (Lipinski definition) is 5. The number of hydrogen-bond donors (Lipinski definition) is 1. The summed E-state index contributed by atoms with van der Waals surface area (Å²) >= 11 is 0. The van der Waals surface area contributed by atoms with Crippen LogP contribution in [-0.4, -0.2) is 34.5 Å². The van der Waals surface area contributed by atoms with Crippen LogP contribution in [-0.2, 0) is 19.3 Å². The van der Waals surface area contributed by atoms with Crippen molar-refractivity contribution in [3.05, 3.63) is 77.5 Å². The molecule has 0 saturated carbocycles. The minimum atomic E-state index is -0.216. The Morgan fingerprint density at radius 1 is 1.03 bits per heavy atom. The van der Waals surface area contributed by atoms with E-state index in [1.165, 1.54) is 11.9 Å². The van der Waals surface area contributed by atoms with Crippen LogP contribution in [0, 0.1) is 0 Å². The fourth-order valence-electron chi connectivity index (χ4n) is 3.22. The van der Waals surface area contributed by atoms with Crippen molar-refractivity contribution >= 4 is 17.4 Å². The van der Waals surface area contributed by atoms with Gasteiger partial charge in [0, 0.05) is 37.7 Å². The number of benzene rings is 1. The van der Waals surface area contributed by atoms with Crippen LogP contribution >= 0.6 is 0 Å². The third-order valence-corrected chi connectivity index (χ3v) is 5.00. The first kappa shape index (κ1) is 20.5. The van der Waals surface area contributed by atoms with Gasteiger partial charge >= 0.3 is 0 Å². The van der Waals surface area contributed by atoms with Gasteiger partial charge in [-0.15, -0.1) is 0 Å². The molecule has 0 spiro atoms. The lowest BCUT2D eigenvalue weighted by atomic mass is 10.0. The van der Waals surface area contributed by atoms with Crippen molar-refractivity contribution < 1.29 is 4.79 Å². The second kappa shape index (κ2) is 9.78. The number of anilines is 2. The molecule has 3 rings (SSSR count). The first-order valence-corrected chi connectivity index (χ1v) is 9.96. The third kappa shape index (κ3) is 5.16. The molecule has 0 atom stereocenters. The summed E-state index contributed by atoms with van der Waals surface area (Å²) in [5, 5.41) is 3.07. The fraction of sp³-hybridized carbons (Fsp3) is 0.304. The molecule has 29 heavy (non-hydrogen) atoms. The average Bonchev–Trinajstić information content (AvgIpc) is 2.78. The van der Waals surface area contributed by atoms with Gasteiger partial charge < -0.3 is 10.2 Å². The predicted octanol–water partition coefficient (Wildman–Crippen LogP) is 3.93. The van der Waals surface area contributed by atoms with Crippen LogP contribution in [0.4, 0.5) is 11.5 Å². The highest BCUT2D eigenvalue weighted by molar-refractivity contribution is 6.04. The summed E-state index contributed by atoms with van der Waals surface area (Å²) < 4.78 is 0. The highest BCUT2D eigenvalue weighted by Crippen LogP contribution is 2.23. The van der Waals surface area contributed by atoms with Crippen LogP contribution in [0.2, 0.25) is 0 Å². The molecule has 1 N–H and O–H groups in total. The maximum Gasteiger partial charge on any atom is 0.274 e. The Balaban J connectivity index is 1.73. The van der Waals surface area contributed by atoms with Gasteiger partial charge in [-0.1, -0.05) is 32.0 Å². The number of nitrogens with zero attached hydrogens (tertiary/aromatic N) is 4. The number of carbonyl (C=O) groups excluding carboxylic acids is 1. The highest BCUT2D eigenvalue weighted by atomic mass is 16.1. The number of carbonyl (C=O) groups is 1. The molecule has 1 aromatic carbocycles. The zero-order chi connectivity index (χ0) is 20.6. The number of aromatic nitrogens is 3. The van der Waals surface area contributed by atoms with Crippen LogP contribution in [0.25, 0.3) is 0 Å². The van der Waals surface area contributed by atoms with Crippen LogP contribution in [0.3, 0.4) is 0 Å². The Kier molecular flexibility index (Phi) is 6.89. The molecule has 0 radical (unpaired) electrons. The van der Waals surface area contributed by atoms with Crippen molar-refractivity contribution in [2.75, 3.05) is 23.8 Å². The molecule has 0 aliphatic rings. The quantitative estimate of drug-likeness (QED) is 0.632. The molecular formula is C23H27N5O. The van der Waals surface area contributed by atoms with Crippen molar-refractivity contribution in [2.45, 2.75) is 33.1 Å². The largest absolute Gasteiger partial charge is 0.359 e. The summed E-state index contributed by atoms with van der Waals surface area (Å²) in [6.45, 7) is 4.96. The molecular weight excluding hydrogens is 362 g/mol. The third-order valence-electron chi connectivity index (χ3n) is 5.00. The smallest absolute Gasteiger partial charge is 0.274 e. The van der Waals surface area contributed by atoms with Crippen molar-refractivity contribution in [1.29, 1.82) is 0 Å². The van der Waals surface area contributed by atoms with Crippen molar-refractivity contribution in [2.24, 2.45) is 0 Å². The normalized spacial score (nSPS) is 10.6. The maximum atomic E-state index is 12.9. The molecule has 0 unspecified atom stereocenters. The molecule has 0 aliphatic heterocycles. The fourth-order valence-corrected chi connectivity index (χ4v) is 3.22. The molecule has 0 aliphatic carbocycles. The number of para-hydroxylation sites is 1. The Morgan fingerprint density at radius 3 is 2.38 bits per heavy atom. The minimum absolute atomic E-state index is 0.216. The monoisotopic (exact) mass is 389 g/mol. The molecule has 1 amide bonds. The van der Waals surface area contributed by atoms with E-state index < -0.39 is 0 Å². The van der Waals surface area contributed by atoms with Crippen LogP contribution in [0.1, 0.15) is 41.0 Å². The molecule has 6 heteroatoms. The van der Waals surface area contributed by atoms with E-state index in [1.54, 1.807) is 18.5 Å². The summed E-state index contributed by atoms with van der Waals surface area (Å²) in [6, 6.07) is 11.9.